The summed E-state index contributed by atoms with van der Waals surface area (Å²) in [5.74, 6) is 0.0540. The second-order valence-corrected chi connectivity index (χ2v) is 4.82. The van der Waals surface area contributed by atoms with E-state index in [1.165, 1.54) is 0 Å². The lowest BCUT2D eigenvalue weighted by atomic mass is 10.1. The first kappa shape index (κ1) is 12.0. The molecule has 4 heteroatoms. The highest BCUT2D eigenvalue weighted by molar-refractivity contribution is 9.10. The summed E-state index contributed by atoms with van der Waals surface area (Å²) in [7, 11) is 0. The van der Waals surface area contributed by atoms with Gasteiger partial charge in [-0.05, 0) is 48.8 Å². The Labute approximate surface area is 109 Å². The minimum Gasteiger partial charge on any atom is -0.294 e. The summed E-state index contributed by atoms with van der Waals surface area (Å²) in [5, 5.41) is 4.43. The third kappa shape index (κ3) is 2.05. The number of rotatable bonds is 2. The molecule has 0 aliphatic heterocycles. The van der Waals surface area contributed by atoms with Crippen molar-refractivity contribution < 1.29 is 4.79 Å². The van der Waals surface area contributed by atoms with Gasteiger partial charge in [0.15, 0.2) is 5.78 Å². The van der Waals surface area contributed by atoms with E-state index in [9.17, 15) is 4.79 Å². The van der Waals surface area contributed by atoms with E-state index < -0.39 is 0 Å². The SMILES string of the molecule is CC(=O)c1c(C)nn(-c2ccccc2Br)c1C. The number of hydrogen-bond acceptors (Lipinski definition) is 2. The van der Waals surface area contributed by atoms with Crippen LogP contribution in [0.1, 0.15) is 28.7 Å². The van der Waals surface area contributed by atoms with E-state index in [0.29, 0.717) is 5.56 Å². The number of Topliss-reactive ketones (excluding diaryl/α,β-unsaturated/α-hetero) is 1. The molecule has 2 aromatic rings. The van der Waals surface area contributed by atoms with Crippen LogP contribution in [0.3, 0.4) is 0 Å². The molecule has 17 heavy (non-hydrogen) atoms. The van der Waals surface area contributed by atoms with Gasteiger partial charge in [0.1, 0.15) is 0 Å². The largest absolute Gasteiger partial charge is 0.294 e. The van der Waals surface area contributed by atoms with E-state index in [4.69, 9.17) is 0 Å². The Morgan fingerprint density at radius 3 is 2.47 bits per heavy atom. The van der Waals surface area contributed by atoms with Gasteiger partial charge in [-0.15, -0.1) is 0 Å². The molecule has 0 bridgehead atoms. The first-order valence-corrected chi connectivity index (χ1v) is 6.13. The molecule has 0 saturated carbocycles. The zero-order valence-corrected chi connectivity index (χ0v) is 11.6. The third-order valence-corrected chi connectivity index (χ3v) is 3.39. The van der Waals surface area contributed by atoms with Crippen LogP contribution < -0.4 is 0 Å². The van der Waals surface area contributed by atoms with Gasteiger partial charge in [-0.25, -0.2) is 4.68 Å². The van der Waals surface area contributed by atoms with Crippen LogP contribution in [0, 0.1) is 13.8 Å². The first-order valence-electron chi connectivity index (χ1n) is 5.34. The van der Waals surface area contributed by atoms with Crippen molar-refractivity contribution in [1.29, 1.82) is 0 Å². The zero-order chi connectivity index (χ0) is 12.6. The molecule has 1 aromatic heterocycles. The van der Waals surface area contributed by atoms with Crippen molar-refractivity contribution in [2.45, 2.75) is 20.8 Å². The Morgan fingerprint density at radius 1 is 1.29 bits per heavy atom. The van der Waals surface area contributed by atoms with Crippen molar-refractivity contribution in [3.05, 3.63) is 45.7 Å². The number of para-hydroxylation sites is 1. The average molecular weight is 293 g/mol. The number of carbonyl (C=O) groups excluding carboxylic acids is 1. The number of aromatic nitrogens is 2. The van der Waals surface area contributed by atoms with Gasteiger partial charge in [-0.1, -0.05) is 12.1 Å². The maximum Gasteiger partial charge on any atom is 0.163 e. The zero-order valence-electron chi connectivity index (χ0n) is 9.99. The highest BCUT2D eigenvalue weighted by Crippen LogP contribution is 2.24. The molecule has 0 atom stereocenters. The second kappa shape index (κ2) is 4.45. The molecule has 0 aliphatic carbocycles. The molecule has 0 amide bonds. The van der Waals surface area contributed by atoms with Gasteiger partial charge in [-0.2, -0.15) is 5.10 Å². The fraction of sp³-hybridized carbons (Fsp3) is 0.231. The number of hydrogen-bond donors (Lipinski definition) is 0. The van der Waals surface area contributed by atoms with Crippen LogP contribution in [0.5, 0.6) is 0 Å². The predicted molar refractivity (Wildman–Crippen MR) is 70.7 cm³/mol. The fourth-order valence-electron chi connectivity index (χ4n) is 2.01. The Morgan fingerprint density at radius 2 is 1.94 bits per heavy atom. The van der Waals surface area contributed by atoms with Gasteiger partial charge in [-0.3, -0.25) is 4.79 Å². The molecule has 0 unspecified atom stereocenters. The molecule has 1 aromatic carbocycles. The third-order valence-electron chi connectivity index (χ3n) is 2.72. The average Bonchev–Trinajstić information content (AvgIpc) is 2.55. The number of benzene rings is 1. The molecule has 0 N–H and O–H groups in total. The number of halogens is 1. The topological polar surface area (TPSA) is 34.9 Å². The quantitative estimate of drug-likeness (QED) is 0.795. The number of aryl methyl sites for hydroxylation is 1. The van der Waals surface area contributed by atoms with E-state index in [2.05, 4.69) is 21.0 Å². The number of carbonyl (C=O) groups is 1. The molecule has 3 nitrogen and oxygen atoms in total. The van der Waals surface area contributed by atoms with Crippen LogP contribution in [0.25, 0.3) is 5.69 Å². The van der Waals surface area contributed by atoms with Gasteiger partial charge < -0.3 is 0 Å². The van der Waals surface area contributed by atoms with Crippen molar-refractivity contribution in [3.8, 4) is 5.69 Å². The molecule has 1 heterocycles. The highest BCUT2D eigenvalue weighted by atomic mass is 79.9. The molecule has 0 aliphatic rings. The summed E-state index contributed by atoms with van der Waals surface area (Å²) in [6.45, 7) is 5.34. The second-order valence-electron chi connectivity index (χ2n) is 3.97. The summed E-state index contributed by atoms with van der Waals surface area (Å²) in [6.07, 6.45) is 0. The van der Waals surface area contributed by atoms with Gasteiger partial charge >= 0.3 is 0 Å². The van der Waals surface area contributed by atoms with E-state index in [-0.39, 0.29) is 5.78 Å². The van der Waals surface area contributed by atoms with E-state index >= 15 is 0 Å². The summed E-state index contributed by atoms with van der Waals surface area (Å²) in [5.41, 5.74) is 3.30. The summed E-state index contributed by atoms with van der Waals surface area (Å²) < 4.78 is 2.76. The van der Waals surface area contributed by atoms with Gasteiger partial charge in [0.2, 0.25) is 0 Å². The standard InChI is InChI=1S/C13H13BrN2O/c1-8-13(10(3)17)9(2)16(15-8)12-7-5-4-6-11(12)14/h4-7H,1-3H3. The Balaban J connectivity index is 2.66. The van der Waals surface area contributed by atoms with E-state index in [1.807, 2.05) is 38.1 Å². The first-order chi connectivity index (χ1) is 8.02. The maximum absolute atomic E-state index is 11.6. The minimum atomic E-state index is 0.0540. The lowest BCUT2D eigenvalue weighted by Gasteiger charge is -2.06. The van der Waals surface area contributed by atoms with Crippen LogP contribution in [-0.4, -0.2) is 15.6 Å². The molecule has 88 valence electrons. The number of nitrogens with zero attached hydrogens (tertiary/aromatic N) is 2. The lowest BCUT2D eigenvalue weighted by molar-refractivity contribution is 0.101. The normalized spacial score (nSPS) is 10.6. The summed E-state index contributed by atoms with van der Waals surface area (Å²) in [6, 6.07) is 7.82. The van der Waals surface area contributed by atoms with Crippen LogP contribution in [0.2, 0.25) is 0 Å². The molecular weight excluding hydrogens is 280 g/mol. The fourth-order valence-corrected chi connectivity index (χ4v) is 2.46. The molecular formula is C13H13BrN2O. The Hall–Kier alpha value is -1.42. The molecule has 0 spiro atoms. The van der Waals surface area contributed by atoms with Crippen LogP contribution in [0.4, 0.5) is 0 Å². The molecule has 2 rings (SSSR count). The summed E-state index contributed by atoms with van der Waals surface area (Å²) >= 11 is 3.49. The maximum atomic E-state index is 11.6. The van der Waals surface area contributed by atoms with Crippen molar-refractivity contribution in [2.24, 2.45) is 0 Å². The Kier molecular flexibility index (Phi) is 3.15. The molecule has 0 radical (unpaired) electrons. The Bertz CT molecular complexity index is 587. The predicted octanol–water partition coefficient (Wildman–Crippen LogP) is 3.45. The summed E-state index contributed by atoms with van der Waals surface area (Å²) in [4.78, 5) is 11.6. The van der Waals surface area contributed by atoms with E-state index in [1.54, 1.807) is 11.6 Å². The highest BCUT2D eigenvalue weighted by Gasteiger charge is 2.16. The van der Waals surface area contributed by atoms with Gasteiger partial charge in [0, 0.05) is 4.47 Å². The van der Waals surface area contributed by atoms with Gasteiger partial charge in [0.05, 0.1) is 22.6 Å². The van der Waals surface area contributed by atoms with Crippen molar-refractivity contribution >= 4 is 21.7 Å². The van der Waals surface area contributed by atoms with Crippen LogP contribution >= 0.6 is 15.9 Å². The monoisotopic (exact) mass is 292 g/mol. The smallest absolute Gasteiger partial charge is 0.163 e. The van der Waals surface area contributed by atoms with Gasteiger partial charge in [0.25, 0.3) is 0 Å². The molecule has 0 saturated heterocycles. The van der Waals surface area contributed by atoms with Crippen LogP contribution in [-0.2, 0) is 0 Å². The number of ketones is 1. The molecule has 0 fully saturated rings. The lowest BCUT2D eigenvalue weighted by Crippen LogP contribution is -2.01. The van der Waals surface area contributed by atoms with Crippen molar-refractivity contribution in [2.75, 3.05) is 0 Å². The minimum absolute atomic E-state index is 0.0540. The van der Waals surface area contributed by atoms with E-state index in [0.717, 1.165) is 21.5 Å². The van der Waals surface area contributed by atoms with Crippen molar-refractivity contribution in [1.82, 2.24) is 9.78 Å². The van der Waals surface area contributed by atoms with Crippen molar-refractivity contribution in [3.63, 3.8) is 0 Å². The van der Waals surface area contributed by atoms with Crippen LogP contribution in [0.15, 0.2) is 28.7 Å².